The van der Waals surface area contributed by atoms with Crippen LogP contribution in [0.5, 0.6) is 0 Å². The first-order valence-electron chi connectivity index (χ1n) is 6.53. The third-order valence-corrected chi connectivity index (χ3v) is 3.92. The minimum absolute atomic E-state index is 0.526. The summed E-state index contributed by atoms with van der Waals surface area (Å²) < 4.78 is 0. The van der Waals surface area contributed by atoms with Gasteiger partial charge in [-0.25, -0.2) is 4.98 Å². The summed E-state index contributed by atoms with van der Waals surface area (Å²) in [7, 11) is 0. The van der Waals surface area contributed by atoms with Gasteiger partial charge in [-0.1, -0.05) is 20.8 Å². The highest BCUT2D eigenvalue weighted by Crippen LogP contribution is 2.26. The molecule has 1 N–H and O–H groups in total. The second kappa shape index (κ2) is 6.97. The normalized spacial score (nSPS) is 11.2. The SMILES string of the molecule is CCCN(CC)c1nc(C)c(CNC(C)C)s1. The zero-order valence-corrected chi connectivity index (χ0v) is 12.5. The van der Waals surface area contributed by atoms with Crippen molar-refractivity contribution in [1.82, 2.24) is 10.3 Å². The van der Waals surface area contributed by atoms with Gasteiger partial charge in [-0.05, 0) is 20.3 Å². The molecule has 0 amide bonds. The van der Waals surface area contributed by atoms with E-state index in [0.29, 0.717) is 6.04 Å². The monoisotopic (exact) mass is 255 g/mol. The first-order valence-corrected chi connectivity index (χ1v) is 7.34. The zero-order chi connectivity index (χ0) is 12.8. The fraction of sp³-hybridized carbons (Fsp3) is 0.769. The molecule has 0 fully saturated rings. The predicted molar refractivity (Wildman–Crippen MR) is 77.0 cm³/mol. The summed E-state index contributed by atoms with van der Waals surface area (Å²) >= 11 is 1.83. The minimum atomic E-state index is 0.526. The number of thiazole rings is 1. The molecule has 0 saturated heterocycles. The van der Waals surface area contributed by atoms with E-state index < -0.39 is 0 Å². The Kier molecular flexibility index (Phi) is 5.92. The van der Waals surface area contributed by atoms with Crippen LogP contribution in [0, 0.1) is 6.92 Å². The number of aromatic nitrogens is 1. The van der Waals surface area contributed by atoms with Crippen LogP contribution in [-0.2, 0) is 6.54 Å². The van der Waals surface area contributed by atoms with Crippen molar-refractivity contribution < 1.29 is 0 Å². The number of nitrogens with zero attached hydrogens (tertiary/aromatic N) is 2. The molecule has 0 aliphatic carbocycles. The van der Waals surface area contributed by atoms with Crippen molar-refractivity contribution in [2.24, 2.45) is 0 Å². The Morgan fingerprint density at radius 1 is 1.35 bits per heavy atom. The van der Waals surface area contributed by atoms with Crippen molar-refractivity contribution in [1.29, 1.82) is 0 Å². The summed E-state index contributed by atoms with van der Waals surface area (Å²) in [6.07, 6.45) is 1.17. The van der Waals surface area contributed by atoms with E-state index in [0.717, 1.165) is 19.6 Å². The van der Waals surface area contributed by atoms with E-state index >= 15 is 0 Å². The molecule has 0 aromatic carbocycles. The van der Waals surface area contributed by atoms with Gasteiger partial charge < -0.3 is 10.2 Å². The van der Waals surface area contributed by atoms with Gasteiger partial charge in [0.25, 0.3) is 0 Å². The van der Waals surface area contributed by atoms with Crippen molar-refractivity contribution in [3.8, 4) is 0 Å². The Morgan fingerprint density at radius 3 is 2.59 bits per heavy atom. The summed E-state index contributed by atoms with van der Waals surface area (Å²) in [6.45, 7) is 13.9. The highest BCUT2D eigenvalue weighted by Gasteiger charge is 2.12. The van der Waals surface area contributed by atoms with E-state index in [1.807, 2.05) is 11.3 Å². The Balaban J connectivity index is 2.72. The number of anilines is 1. The molecule has 3 nitrogen and oxygen atoms in total. The topological polar surface area (TPSA) is 28.2 Å². The lowest BCUT2D eigenvalue weighted by Gasteiger charge is -2.18. The number of hydrogen-bond donors (Lipinski definition) is 1. The number of nitrogens with one attached hydrogen (secondary N) is 1. The van der Waals surface area contributed by atoms with Crippen molar-refractivity contribution in [2.45, 2.75) is 53.6 Å². The average molecular weight is 255 g/mol. The van der Waals surface area contributed by atoms with E-state index in [1.54, 1.807) is 0 Å². The fourth-order valence-corrected chi connectivity index (χ4v) is 2.77. The largest absolute Gasteiger partial charge is 0.348 e. The Labute approximate surface area is 109 Å². The summed E-state index contributed by atoms with van der Waals surface area (Å²) in [6, 6.07) is 0.526. The molecule has 4 heteroatoms. The third-order valence-electron chi connectivity index (χ3n) is 2.70. The van der Waals surface area contributed by atoms with E-state index in [1.165, 1.54) is 22.1 Å². The Morgan fingerprint density at radius 2 is 2.06 bits per heavy atom. The molecule has 0 unspecified atom stereocenters. The van der Waals surface area contributed by atoms with E-state index in [4.69, 9.17) is 0 Å². The van der Waals surface area contributed by atoms with Crippen LogP contribution in [0.25, 0.3) is 0 Å². The molecule has 0 atom stereocenters. The van der Waals surface area contributed by atoms with Gasteiger partial charge in [0.15, 0.2) is 5.13 Å². The molecule has 0 radical (unpaired) electrons. The van der Waals surface area contributed by atoms with Gasteiger partial charge in [-0.3, -0.25) is 0 Å². The standard InChI is InChI=1S/C13H25N3S/c1-6-8-16(7-2)13-15-11(5)12(17-13)9-14-10(3)4/h10,14H,6-9H2,1-5H3. The molecule has 0 saturated carbocycles. The van der Waals surface area contributed by atoms with Crippen LogP contribution in [0.2, 0.25) is 0 Å². The second-order valence-corrected chi connectivity index (χ2v) is 5.68. The number of hydrogen-bond acceptors (Lipinski definition) is 4. The third kappa shape index (κ3) is 4.28. The van der Waals surface area contributed by atoms with Crippen LogP contribution in [0.3, 0.4) is 0 Å². The van der Waals surface area contributed by atoms with Crippen molar-refractivity contribution in [3.05, 3.63) is 10.6 Å². The molecular weight excluding hydrogens is 230 g/mol. The molecule has 0 aliphatic rings. The van der Waals surface area contributed by atoms with Crippen LogP contribution in [0.1, 0.15) is 44.7 Å². The maximum atomic E-state index is 4.68. The highest BCUT2D eigenvalue weighted by molar-refractivity contribution is 7.15. The molecule has 17 heavy (non-hydrogen) atoms. The first kappa shape index (κ1) is 14.5. The van der Waals surface area contributed by atoms with Gasteiger partial charge >= 0.3 is 0 Å². The quantitative estimate of drug-likeness (QED) is 0.811. The maximum absolute atomic E-state index is 4.68. The fourth-order valence-electron chi connectivity index (χ4n) is 1.67. The Hall–Kier alpha value is -0.610. The number of rotatable bonds is 7. The van der Waals surface area contributed by atoms with Crippen molar-refractivity contribution in [3.63, 3.8) is 0 Å². The first-order chi connectivity index (χ1) is 8.08. The zero-order valence-electron chi connectivity index (χ0n) is 11.7. The Bertz CT molecular complexity index is 333. The number of aryl methyl sites for hydroxylation is 1. The maximum Gasteiger partial charge on any atom is 0.185 e. The van der Waals surface area contributed by atoms with Gasteiger partial charge in [0.05, 0.1) is 5.69 Å². The molecule has 0 bridgehead atoms. The highest BCUT2D eigenvalue weighted by atomic mass is 32.1. The van der Waals surface area contributed by atoms with Gasteiger partial charge in [-0.15, -0.1) is 11.3 Å². The molecule has 0 spiro atoms. The molecule has 0 aliphatic heterocycles. The van der Waals surface area contributed by atoms with E-state index in [9.17, 15) is 0 Å². The van der Waals surface area contributed by atoms with Gasteiger partial charge in [0.2, 0.25) is 0 Å². The van der Waals surface area contributed by atoms with Crippen molar-refractivity contribution in [2.75, 3.05) is 18.0 Å². The molecule has 1 heterocycles. The molecular formula is C13H25N3S. The van der Waals surface area contributed by atoms with Gasteiger partial charge in [0, 0.05) is 30.6 Å². The molecule has 1 aromatic heterocycles. The smallest absolute Gasteiger partial charge is 0.185 e. The van der Waals surface area contributed by atoms with Crippen LogP contribution >= 0.6 is 11.3 Å². The van der Waals surface area contributed by atoms with Crippen LogP contribution in [0.4, 0.5) is 5.13 Å². The van der Waals surface area contributed by atoms with E-state index in [2.05, 4.69) is 49.8 Å². The second-order valence-electron chi connectivity index (χ2n) is 4.62. The van der Waals surface area contributed by atoms with Gasteiger partial charge in [0.1, 0.15) is 0 Å². The molecule has 1 aromatic rings. The minimum Gasteiger partial charge on any atom is -0.348 e. The summed E-state index contributed by atoms with van der Waals surface area (Å²) in [4.78, 5) is 8.40. The average Bonchev–Trinajstić information content (AvgIpc) is 2.64. The van der Waals surface area contributed by atoms with Gasteiger partial charge in [-0.2, -0.15) is 0 Å². The summed E-state index contributed by atoms with van der Waals surface area (Å²) in [5.41, 5.74) is 1.17. The molecule has 1 rings (SSSR count). The van der Waals surface area contributed by atoms with Crippen LogP contribution in [0.15, 0.2) is 0 Å². The summed E-state index contributed by atoms with van der Waals surface area (Å²) in [5.74, 6) is 0. The predicted octanol–water partition coefficient (Wildman–Crippen LogP) is 3.19. The van der Waals surface area contributed by atoms with Crippen LogP contribution in [-0.4, -0.2) is 24.1 Å². The summed E-state index contributed by atoms with van der Waals surface area (Å²) in [5, 5.41) is 4.63. The lowest BCUT2D eigenvalue weighted by atomic mass is 10.3. The van der Waals surface area contributed by atoms with E-state index in [-0.39, 0.29) is 0 Å². The lowest BCUT2D eigenvalue weighted by Crippen LogP contribution is -2.23. The lowest BCUT2D eigenvalue weighted by molar-refractivity contribution is 0.591. The van der Waals surface area contributed by atoms with Crippen LogP contribution < -0.4 is 10.2 Å². The molecule has 98 valence electrons. The van der Waals surface area contributed by atoms with Crippen molar-refractivity contribution >= 4 is 16.5 Å².